The first-order valence-corrected chi connectivity index (χ1v) is 3.87. The zero-order chi connectivity index (χ0) is 12.1. The second-order valence-electron chi connectivity index (χ2n) is 2.11. The number of aliphatic hydroxyl groups excluding tert-OH is 1. The molecular weight excluding hydrogens is 188 g/mol. The normalized spacial score (nSPS) is 6.93. The van der Waals surface area contributed by atoms with Gasteiger partial charge in [0.25, 0.3) is 5.97 Å². The van der Waals surface area contributed by atoms with E-state index in [1.54, 1.807) is 13.8 Å². The standard InChI is InChI=1S/C5H8O2.C2H4O2.C2H6O/c1-4(2)5(6)7-3;1-2(3)4;1-2-3/h1H2,2-3H3;1H3,(H,3,4);3H,2H2,1H3. The van der Waals surface area contributed by atoms with Crippen molar-refractivity contribution in [1.29, 1.82) is 0 Å². The number of hydrogen-bond acceptors (Lipinski definition) is 4. The smallest absolute Gasteiger partial charge is 0.332 e. The van der Waals surface area contributed by atoms with Crippen molar-refractivity contribution in [2.24, 2.45) is 0 Å². The van der Waals surface area contributed by atoms with E-state index >= 15 is 0 Å². The lowest BCUT2D eigenvalue weighted by Crippen LogP contribution is -1.98. The molecule has 0 aromatic carbocycles. The number of carboxylic acid groups (broad SMARTS) is 1. The Hall–Kier alpha value is -1.36. The van der Waals surface area contributed by atoms with Gasteiger partial charge < -0.3 is 14.9 Å². The van der Waals surface area contributed by atoms with E-state index in [-0.39, 0.29) is 12.6 Å². The first-order chi connectivity index (χ1) is 6.33. The number of ether oxygens (including phenoxy) is 1. The van der Waals surface area contributed by atoms with Gasteiger partial charge in [0, 0.05) is 19.1 Å². The summed E-state index contributed by atoms with van der Waals surface area (Å²) in [6.07, 6.45) is 0. The van der Waals surface area contributed by atoms with Crippen molar-refractivity contribution in [3.63, 3.8) is 0 Å². The van der Waals surface area contributed by atoms with Crippen molar-refractivity contribution in [2.45, 2.75) is 20.8 Å². The van der Waals surface area contributed by atoms with Gasteiger partial charge in [0.05, 0.1) is 7.11 Å². The van der Waals surface area contributed by atoms with Crippen LogP contribution in [0.5, 0.6) is 0 Å². The maximum Gasteiger partial charge on any atom is 0.332 e. The van der Waals surface area contributed by atoms with Crippen LogP contribution in [-0.4, -0.2) is 35.9 Å². The number of aliphatic carboxylic acids is 1. The number of hydrogen-bond donors (Lipinski definition) is 2. The fourth-order valence-corrected chi connectivity index (χ4v) is 0.174. The molecule has 0 bridgehead atoms. The largest absolute Gasteiger partial charge is 0.481 e. The van der Waals surface area contributed by atoms with E-state index in [2.05, 4.69) is 11.3 Å². The van der Waals surface area contributed by atoms with E-state index < -0.39 is 5.97 Å². The monoisotopic (exact) mass is 206 g/mol. The minimum absolute atomic E-state index is 0.250. The van der Waals surface area contributed by atoms with E-state index in [4.69, 9.17) is 15.0 Å². The van der Waals surface area contributed by atoms with Crippen LogP contribution in [0.25, 0.3) is 0 Å². The fraction of sp³-hybridized carbons (Fsp3) is 0.556. The van der Waals surface area contributed by atoms with Gasteiger partial charge in [-0.05, 0) is 13.8 Å². The molecule has 0 spiro atoms. The van der Waals surface area contributed by atoms with Gasteiger partial charge in [-0.3, -0.25) is 4.79 Å². The number of carboxylic acids is 1. The van der Waals surface area contributed by atoms with Crippen LogP contribution in [0, 0.1) is 0 Å². The Morgan fingerprint density at radius 3 is 1.57 bits per heavy atom. The summed E-state index contributed by atoms with van der Waals surface area (Å²) in [6.45, 7) is 7.97. The molecule has 0 fully saturated rings. The van der Waals surface area contributed by atoms with E-state index in [1.165, 1.54) is 7.11 Å². The number of carbonyl (C=O) groups is 2. The number of carbonyl (C=O) groups excluding carboxylic acids is 1. The molecule has 0 aliphatic heterocycles. The minimum Gasteiger partial charge on any atom is -0.481 e. The Labute approximate surface area is 84.0 Å². The molecule has 0 aliphatic carbocycles. The van der Waals surface area contributed by atoms with Gasteiger partial charge in [-0.25, -0.2) is 4.79 Å². The highest BCUT2D eigenvalue weighted by molar-refractivity contribution is 5.86. The average molecular weight is 206 g/mol. The fourth-order valence-electron chi connectivity index (χ4n) is 0.174. The molecule has 0 unspecified atom stereocenters. The van der Waals surface area contributed by atoms with Crippen LogP contribution >= 0.6 is 0 Å². The van der Waals surface area contributed by atoms with Gasteiger partial charge >= 0.3 is 5.97 Å². The Morgan fingerprint density at radius 1 is 1.36 bits per heavy atom. The van der Waals surface area contributed by atoms with Crippen molar-refractivity contribution in [2.75, 3.05) is 13.7 Å². The number of aliphatic hydroxyl groups is 1. The predicted octanol–water partition coefficient (Wildman–Crippen LogP) is 0.825. The quantitative estimate of drug-likeness (QED) is 0.490. The van der Waals surface area contributed by atoms with Crippen LogP contribution in [0.1, 0.15) is 20.8 Å². The van der Waals surface area contributed by atoms with Gasteiger partial charge in [-0.1, -0.05) is 6.58 Å². The predicted molar refractivity (Wildman–Crippen MR) is 52.9 cm³/mol. The molecule has 0 aromatic heterocycles. The summed E-state index contributed by atoms with van der Waals surface area (Å²) in [5.74, 6) is -1.18. The van der Waals surface area contributed by atoms with Crippen molar-refractivity contribution in [3.05, 3.63) is 12.2 Å². The summed E-state index contributed by atoms with van der Waals surface area (Å²) >= 11 is 0. The Balaban J connectivity index is -0.000000147. The Morgan fingerprint density at radius 2 is 1.57 bits per heavy atom. The lowest BCUT2D eigenvalue weighted by molar-refractivity contribution is -0.136. The molecule has 2 N–H and O–H groups in total. The van der Waals surface area contributed by atoms with Gasteiger partial charge in [0.15, 0.2) is 0 Å². The zero-order valence-electron chi connectivity index (χ0n) is 9.03. The molecule has 0 atom stereocenters. The third-order valence-electron chi connectivity index (χ3n) is 0.534. The number of rotatable bonds is 1. The highest BCUT2D eigenvalue weighted by Gasteiger charge is 1.95. The molecule has 0 aliphatic rings. The van der Waals surface area contributed by atoms with Crippen LogP contribution in [0.3, 0.4) is 0 Å². The molecule has 0 saturated carbocycles. The SMILES string of the molecule is C=C(C)C(=O)OC.CC(=O)O.CCO. The molecular formula is C9H18O5. The second-order valence-corrected chi connectivity index (χ2v) is 2.11. The maximum absolute atomic E-state index is 10.2. The van der Waals surface area contributed by atoms with E-state index in [9.17, 15) is 4.79 Å². The zero-order valence-corrected chi connectivity index (χ0v) is 9.03. The molecule has 0 radical (unpaired) electrons. The van der Waals surface area contributed by atoms with Crippen LogP contribution in [0.2, 0.25) is 0 Å². The summed E-state index contributed by atoms with van der Waals surface area (Å²) in [5, 5.41) is 15.0. The number of esters is 1. The van der Waals surface area contributed by atoms with Crippen LogP contribution in [0.15, 0.2) is 12.2 Å². The van der Waals surface area contributed by atoms with Gasteiger partial charge in [-0.15, -0.1) is 0 Å². The van der Waals surface area contributed by atoms with E-state index in [1.807, 2.05) is 0 Å². The van der Waals surface area contributed by atoms with Crippen molar-refractivity contribution < 1.29 is 24.5 Å². The molecule has 14 heavy (non-hydrogen) atoms. The van der Waals surface area contributed by atoms with Crippen molar-refractivity contribution in [3.8, 4) is 0 Å². The topological polar surface area (TPSA) is 83.8 Å². The van der Waals surface area contributed by atoms with Crippen molar-refractivity contribution >= 4 is 11.9 Å². The van der Waals surface area contributed by atoms with Crippen LogP contribution in [-0.2, 0) is 14.3 Å². The molecule has 0 saturated heterocycles. The Bertz CT molecular complexity index is 170. The first kappa shape index (κ1) is 18.4. The van der Waals surface area contributed by atoms with Gasteiger partial charge in [-0.2, -0.15) is 0 Å². The lowest BCUT2D eigenvalue weighted by Gasteiger charge is -1.91. The molecule has 0 heterocycles. The molecule has 0 amide bonds. The van der Waals surface area contributed by atoms with Crippen LogP contribution in [0.4, 0.5) is 0 Å². The Kier molecular flexibility index (Phi) is 18.7. The van der Waals surface area contributed by atoms with Crippen LogP contribution < -0.4 is 0 Å². The van der Waals surface area contributed by atoms with E-state index in [0.717, 1.165) is 6.92 Å². The molecule has 5 heteroatoms. The third-order valence-corrected chi connectivity index (χ3v) is 0.534. The third kappa shape index (κ3) is 45.9. The minimum atomic E-state index is -0.833. The average Bonchev–Trinajstić information content (AvgIpc) is 2.03. The molecule has 0 rings (SSSR count). The summed E-state index contributed by atoms with van der Waals surface area (Å²) in [6, 6.07) is 0. The maximum atomic E-state index is 10.2. The summed E-state index contributed by atoms with van der Waals surface area (Å²) in [7, 11) is 1.33. The van der Waals surface area contributed by atoms with Crippen molar-refractivity contribution in [1.82, 2.24) is 0 Å². The highest BCUT2D eigenvalue weighted by atomic mass is 16.5. The molecule has 5 nitrogen and oxygen atoms in total. The molecule has 84 valence electrons. The van der Waals surface area contributed by atoms with Gasteiger partial charge in [0.1, 0.15) is 0 Å². The lowest BCUT2D eigenvalue weighted by atomic mass is 10.4. The summed E-state index contributed by atoms with van der Waals surface area (Å²) < 4.78 is 4.27. The summed E-state index contributed by atoms with van der Waals surface area (Å²) in [5.41, 5.74) is 0.433. The first-order valence-electron chi connectivity index (χ1n) is 3.87. The van der Waals surface area contributed by atoms with E-state index in [0.29, 0.717) is 5.57 Å². The summed E-state index contributed by atoms with van der Waals surface area (Å²) in [4.78, 5) is 19.2. The highest BCUT2D eigenvalue weighted by Crippen LogP contribution is 1.87. The van der Waals surface area contributed by atoms with Gasteiger partial charge in [0.2, 0.25) is 0 Å². The second kappa shape index (κ2) is 14.2. The number of methoxy groups -OCH3 is 1. The molecule has 0 aromatic rings.